The second-order valence-electron chi connectivity index (χ2n) is 11.2. The number of aromatic nitrogens is 2. The molecule has 252 valence electrons. The monoisotopic (exact) mass is 705 g/mol. The normalized spacial score (nSPS) is 19.9. The summed E-state index contributed by atoms with van der Waals surface area (Å²) < 4.78 is 1.68. The Hall–Kier alpha value is -5.75. The summed E-state index contributed by atoms with van der Waals surface area (Å²) in [5, 5.41) is 38.0. The predicted molar refractivity (Wildman–Crippen MR) is 176 cm³/mol. The third kappa shape index (κ3) is 6.95. The van der Waals surface area contributed by atoms with Gasteiger partial charge in [0.2, 0.25) is 12.5 Å². The first-order valence-electron chi connectivity index (χ1n) is 14.7. The summed E-state index contributed by atoms with van der Waals surface area (Å²) in [6.45, 7) is 0.748. The van der Waals surface area contributed by atoms with E-state index in [1.165, 1.54) is 35.4 Å². The van der Waals surface area contributed by atoms with Gasteiger partial charge in [-0.3, -0.25) is 24.1 Å². The number of rotatable bonds is 10. The molecule has 3 aliphatic heterocycles. The molecule has 0 radical (unpaired) electrons. The summed E-state index contributed by atoms with van der Waals surface area (Å²) >= 11 is 2.27. The van der Waals surface area contributed by atoms with E-state index in [0.717, 1.165) is 21.8 Å². The van der Waals surface area contributed by atoms with Crippen molar-refractivity contribution >= 4 is 69.2 Å². The van der Waals surface area contributed by atoms with E-state index in [9.17, 15) is 39.4 Å². The van der Waals surface area contributed by atoms with Crippen LogP contribution in [0.25, 0.3) is 0 Å². The standard InChI is InChI=1S/C31H28N8O8S2/c32-31-34-21(15-49-31)23(36-47)26(42)35-24-28(44)39-25(30(45)46)18(14-48-29(24)39)10-17-6-9-38(27(17)43)12-16-4-7-37(8-5-16)13-22(41)33-19-2-1-3-20(40)11-19/h1-5,7-8,10-11,15,24,29H,6,9,12-14H2,(H6-,32,33,34,35,40,41,42,45,46,47)/p+1/t24-,29-/m1/s1. The van der Waals surface area contributed by atoms with Gasteiger partial charge in [0.1, 0.15) is 28.6 Å². The maximum atomic E-state index is 13.3. The first-order valence-corrected chi connectivity index (χ1v) is 16.7. The van der Waals surface area contributed by atoms with Gasteiger partial charge in [-0.1, -0.05) is 11.2 Å². The van der Waals surface area contributed by atoms with Crippen molar-refractivity contribution in [1.82, 2.24) is 20.1 Å². The zero-order valence-corrected chi connectivity index (χ0v) is 27.1. The number of aromatic hydroxyl groups is 1. The van der Waals surface area contributed by atoms with Gasteiger partial charge in [0.05, 0.1) is 0 Å². The number of hydrogen-bond acceptors (Lipinski definition) is 12. The number of aliphatic carboxylic acids is 1. The molecule has 18 heteroatoms. The Morgan fingerprint density at radius 2 is 1.96 bits per heavy atom. The number of hydrogen-bond donors (Lipinski definition) is 6. The van der Waals surface area contributed by atoms with Crippen LogP contribution in [0.3, 0.4) is 0 Å². The van der Waals surface area contributed by atoms with Gasteiger partial charge in [-0.2, -0.15) is 4.57 Å². The van der Waals surface area contributed by atoms with E-state index in [-0.39, 0.29) is 46.4 Å². The van der Waals surface area contributed by atoms with Crippen molar-refractivity contribution in [3.63, 3.8) is 0 Å². The highest BCUT2D eigenvalue weighted by Crippen LogP contribution is 2.41. The Kier molecular flexibility index (Phi) is 9.32. The van der Waals surface area contributed by atoms with E-state index in [1.54, 1.807) is 46.1 Å². The van der Waals surface area contributed by atoms with Crippen molar-refractivity contribution in [2.75, 3.05) is 23.3 Å². The average molecular weight is 706 g/mol. The number of carbonyl (C=O) groups is 5. The molecule has 49 heavy (non-hydrogen) atoms. The number of phenolic OH excluding ortho intramolecular Hbond substituents is 1. The number of carbonyl (C=O) groups excluding carboxylic acids is 4. The number of anilines is 2. The van der Waals surface area contributed by atoms with Crippen LogP contribution in [0.1, 0.15) is 17.7 Å². The molecule has 6 rings (SSSR count). The number of nitrogens with two attached hydrogens (primary N) is 1. The lowest BCUT2D eigenvalue weighted by molar-refractivity contribution is -0.684. The molecule has 2 fully saturated rings. The van der Waals surface area contributed by atoms with E-state index >= 15 is 0 Å². The number of oxime groups is 1. The lowest BCUT2D eigenvalue weighted by Crippen LogP contribution is -2.71. The summed E-state index contributed by atoms with van der Waals surface area (Å²) in [5.41, 5.74) is 6.94. The van der Waals surface area contributed by atoms with Gasteiger partial charge in [0, 0.05) is 53.7 Å². The SMILES string of the molecule is Nc1nc(/C(=N/O)C(=O)N[C@@H]2C(=O)N3C(C(=O)O)=C(C=C4CCN(Cc5cc[n+](CC(=O)Nc6cccc(O)c6)cc5)C4=O)CS[C@H]23)cs1. The molecular formula is C31H29N8O8S2+. The summed E-state index contributed by atoms with van der Waals surface area (Å²) in [5.74, 6) is -3.21. The van der Waals surface area contributed by atoms with Crippen LogP contribution in [-0.2, 0) is 37.1 Å². The number of allylic oxidation sites excluding steroid dienone is 1. The van der Waals surface area contributed by atoms with E-state index in [0.29, 0.717) is 36.3 Å². The largest absolute Gasteiger partial charge is 0.508 e. The summed E-state index contributed by atoms with van der Waals surface area (Å²) in [6.07, 6.45) is 5.35. The van der Waals surface area contributed by atoms with Crippen LogP contribution in [-0.4, -0.2) is 89.2 Å². The fraction of sp³-hybridized carbons (Fsp3) is 0.226. The number of fused-ring (bicyclic) bond motifs is 1. The second-order valence-corrected chi connectivity index (χ2v) is 13.2. The summed E-state index contributed by atoms with van der Waals surface area (Å²) in [7, 11) is 0. The molecule has 2 atom stereocenters. The topological polar surface area (TPSA) is 232 Å². The number of carboxylic acid groups (broad SMARTS) is 1. The number of carboxylic acids is 1. The van der Waals surface area contributed by atoms with Crippen molar-refractivity contribution in [2.24, 2.45) is 5.16 Å². The maximum absolute atomic E-state index is 13.3. The number of nitrogens with zero attached hydrogens (tertiary/aromatic N) is 5. The second kappa shape index (κ2) is 13.8. The first kappa shape index (κ1) is 33.2. The number of thiazole rings is 1. The smallest absolute Gasteiger partial charge is 0.352 e. The lowest BCUT2D eigenvalue weighted by atomic mass is 10.0. The molecular weight excluding hydrogens is 677 g/mol. The number of amides is 4. The minimum atomic E-state index is -1.35. The van der Waals surface area contributed by atoms with Crippen molar-refractivity contribution < 1.29 is 44.0 Å². The van der Waals surface area contributed by atoms with Crippen LogP contribution in [0, 0.1) is 0 Å². The Labute approximate surface area is 286 Å². The third-order valence-corrected chi connectivity index (χ3v) is 9.89. The highest BCUT2D eigenvalue weighted by atomic mass is 32.2. The fourth-order valence-corrected chi connectivity index (χ4v) is 7.46. The van der Waals surface area contributed by atoms with Crippen molar-refractivity contribution in [3.05, 3.63) is 88.3 Å². The Bertz CT molecular complexity index is 1960. The molecule has 16 nitrogen and oxygen atoms in total. The van der Waals surface area contributed by atoms with Crippen LogP contribution in [0.4, 0.5) is 10.8 Å². The van der Waals surface area contributed by atoms with Gasteiger partial charge in [-0.15, -0.1) is 23.1 Å². The number of phenols is 1. The molecule has 2 aromatic heterocycles. The molecule has 3 aromatic rings. The number of benzene rings is 1. The van der Waals surface area contributed by atoms with E-state index in [1.807, 2.05) is 0 Å². The first-order chi connectivity index (χ1) is 23.5. The number of likely N-dealkylation sites (tertiary alicyclic amines) is 1. The Morgan fingerprint density at radius 3 is 2.63 bits per heavy atom. The average Bonchev–Trinajstić information content (AvgIpc) is 3.65. The van der Waals surface area contributed by atoms with Crippen LogP contribution in [0.5, 0.6) is 5.75 Å². The van der Waals surface area contributed by atoms with E-state index in [4.69, 9.17) is 5.73 Å². The Balaban J connectivity index is 1.08. The van der Waals surface area contributed by atoms with Crippen LogP contribution >= 0.6 is 23.1 Å². The summed E-state index contributed by atoms with van der Waals surface area (Å²) in [6, 6.07) is 8.76. The zero-order chi connectivity index (χ0) is 34.8. The zero-order valence-electron chi connectivity index (χ0n) is 25.5. The molecule has 0 saturated carbocycles. The van der Waals surface area contributed by atoms with Gasteiger partial charge < -0.3 is 36.7 Å². The lowest BCUT2D eigenvalue weighted by Gasteiger charge is -2.49. The van der Waals surface area contributed by atoms with Gasteiger partial charge in [0.15, 0.2) is 23.2 Å². The predicted octanol–water partition coefficient (Wildman–Crippen LogP) is 0.633. The van der Waals surface area contributed by atoms with E-state index in [2.05, 4.69) is 20.8 Å². The van der Waals surface area contributed by atoms with Gasteiger partial charge >= 0.3 is 5.97 Å². The molecule has 0 bridgehead atoms. The van der Waals surface area contributed by atoms with Crippen molar-refractivity contribution in [3.8, 4) is 5.75 Å². The van der Waals surface area contributed by atoms with Crippen molar-refractivity contribution in [1.29, 1.82) is 0 Å². The molecule has 7 N–H and O–H groups in total. The molecule has 0 spiro atoms. The summed E-state index contributed by atoms with van der Waals surface area (Å²) in [4.78, 5) is 70.6. The quantitative estimate of drug-likeness (QED) is 0.0428. The minimum absolute atomic E-state index is 0.0281. The van der Waals surface area contributed by atoms with Gasteiger partial charge in [0.25, 0.3) is 17.7 Å². The number of β-lactam (4-membered cyclic amide) rings is 1. The van der Waals surface area contributed by atoms with Crippen LogP contribution in [0.2, 0.25) is 0 Å². The molecule has 1 aromatic carbocycles. The number of thioether (sulfide) groups is 1. The molecule has 2 saturated heterocycles. The number of nitrogens with one attached hydrogen (secondary N) is 2. The number of pyridine rings is 1. The fourth-order valence-electron chi connectivity index (χ4n) is 5.60. The highest BCUT2D eigenvalue weighted by Gasteiger charge is 2.54. The van der Waals surface area contributed by atoms with Gasteiger partial charge in [-0.25, -0.2) is 9.78 Å². The maximum Gasteiger partial charge on any atom is 0.352 e. The highest BCUT2D eigenvalue weighted by molar-refractivity contribution is 8.00. The minimum Gasteiger partial charge on any atom is -0.508 e. The van der Waals surface area contributed by atoms with Gasteiger partial charge in [-0.05, 0) is 35.8 Å². The molecule has 0 unspecified atom stereocenters. The van der Waals surface area contributed by atoms with Crippen LogP contribution in [0.15, 0.2) is 82.2 Å². The Morgan fingerprint density at radius 1 is 1.18 bits per heavy atom. The number of nitrogen functional groups attached to an aromatic ring is 1. The molecule has 3 aliphatic rings. The molecule has 5 heterocycles. The third-order valence-electron chi connectivity index (χ3n) is 7.92. The van der Waals surface area contributed by atoms with Crippen LogP contribution < -0.4 is 20.9 Å². The molecule has 4 amide bonds. The molecule has 0 aliphatic carbocycles. The van der Waals surface area contributed by atoms with E-state index < -0.39 is 34.9 Å². The van der Waals surface area contributed by atoms with Crippen molar-refractivity contribution in [2.45, 2.75) is 30.9 Å².